The molecule has 1 saturated heterocycles. The predicted octanol–water partition coefficient (Wildman–Crippen LogP) is 2.79. The van der Waals surface area contributed by atoms with Gasteiger partial charge in [-0.15, -0.1) is 0 Å². The first kappa shape index (κ1) is 20.9. The molecule has 2 amide bonds. The van der Waals surface area contributed by atoms with Gasteiger partial charge >= 0.3 is 5.97 Å². The van der Waals surface area contributed by atoms with Crippen LogP contribution < -0.4 is 5.32 Å². The van der Waals surface area contributed by atoms with Gasteiger partial charge in [-0.2, -0.15) is 0 Å². The van der Waals surface area contributed by atoms with Crippen LogP contribution in [0.1, 0.15) is 16.1 Å². The number of amides is 2. The molecule has 8 heteroatoms. The van der Waals surface area contributed by atoms with E-state index in [1.54, 1.807) is 29.2 Å². The van der Waals surface area contributed by atoms with Crippen molar-refractivity contribution in [3.63, 3.8) is 0 Å². The second-order valence-electron chi connectivity index (χ2n) is 7.59. The molecule has 0 bridgehead atoms. The topological polar surface area (TPSA) is 91.5 Å². The van der Waals surface area contributed by atoms with Crippen molar-refractivity contribution in [2.45, 2.75) is 12.5 Å². The summed E-state index contributed by atoms with van der Waals surface area (Å²) in [7, 11) is 1.33. The van der Waals surface area contributed by atoms with Crippen molar-refractivity contribution in [2.75, 3.05) is 20.2 Å². The van der Waals surface area contributed by atoms with Gasteiger partial charge in [0, 0.05) is 35.4 Å². The minimum atomic E-state index is -0.761. The Bertz CT molecular complexity index is 1120. The molecule has 3 aromatic rings. The monoisotopic (exact) mass is 439 g/mol. The standard InChI is InChI=1S/C23H22ClN3O4/c1-31-23(30)16-12-27(13-16)22(29)20(9-14-5-3-2-4-6-14)26-21(28)19-11-15-10-17(24)7-8-18(15)25-19/h2-8,10-11,16,20,25H,9,12-13H2,1H3,(H,26,28)/t20-/m0/s1. The lowest BCUT2D eigenvalue weighted by Crippen LogP contribution is -2.59. The Morgan fingerprint density at radius 1 is 1.16 bits per heavy atom. The zero-order valence-corrected chi connectivity index (χ0v) is 17.7. The van der Waals surface area contributed by atoms with Crippen molar-refractivity contribution in [2.24, 2.45) is 5.92 Å². The molecule has 1 atom stereocenters. The number of hydrogen-bond acceptors (Lipinski definition) is 4. The molecule has 0 spiro atoms. The van der Waals surface area contributed by atoms with Gasteiger partial charge in [0.2, 0.25) is 5.91 Å². The first-order valence-corrected chi connectivity index (χ1v) is 10.3. The summed E-state index contributed by atoms with van der Waals surface area (Å²) in [6.07, 6.45) is 0.344. The Morgan fingerprint density at radius 2 is 1.90 bits per heavy atom. The summed E-state index contributed by atoms with van der Waals surface area (Å²) < 4.78 is 4.74. The normalized spacial score (nSPS) is 14.7. The van der Waals surface area contributed by atoms with Gasteiger partial charge in [-0.25, -0.2) is 0 Å². The van der Waals surface area contributed by atoms with E-state index in [9.17, 15) is 14.4 Å². The van der Waals surface area contributed by atoms with Crippen LogP contribution in [0.2, 0.25) is 5.02 Å². The van der Waals surface area contributed by atoms with E-state index in [-0.39, 0.29) is 36.8 Å². The van der Waals surface area contributed by atoms with Crippen LogP contribution in [0.5, 0.6) is 0 Å². The summed E-state index contributed by atoms with van der Waals surface area (Å²) in [6.45, 7) is 0.578. The molecule has 2 N–H and O–H groups in total. The van der Waals surface area contributed by atoms with Crippen LogP contribution in [0.4, 0.5) is 0 Å². The molecule has 7 nitrogen and oxygen atoms in total. The number of fused-ring (bicyclic) bond motifs is 1. The number of carbonyl (C=O) groups is 3. The number of benzene rings is 2. The van der Waals surface area contributed by atoms with E-state index in [4.69, 9.17) is 16.3 Å². The Morgan fingerprint density at radius 3 is 2.61 bits per heavy atom. The number of halogens is 1. The van der Waals surface area contributed by atoms with E-state index in [0.717, 1.165) is 16.5 Å². The third-order valence-electron chi connectivity index (χ3n) is 5.44. The zero-order valence-electron chi connectivity index (χ0n) is 16.9. The predicted molar refractivity (Wildman–Crippen MR) is 117 cm³/mol. The lowest BCUT2D eigenvalue weighted by Gasteiger charge is -2.39. The van der Waals surface area contributed by atoms with Crippen molar-refractivity contribution in [1.29, 1.82) is 0 Å². The summed E-state index contributed by atoms with van der Waals surface area (Å²) in [5.74, 6) is -1.26. The number of H-pyrrole nitrogens is 1. The third kappa shape index (κ3) is 4.56. The van der Waals surface area contributed by atoms with Crippen LogP contribution in [0.15, 0.2) is 54.6 Å². The maximum atomic E-state index is 13.1. The number of nitrogens with one attached hydrogen (secondary N) is 2. The number of aromatic amines is 1. The Labute approximate surface area is 184 Å². The summed E-state index contributed by atoms with van der Waals surface area (Å²) in [6, 6.07) is 15.7. The minimum absolute atomic E-state index is 0.225. The molecular weight excluding hydrogens is 418 g/mol. The lowest BCUT2D eigenvalue weighted by molar-refractivity contribution is -0.156. The average molecular weight is 440 g/mol. The number of carbonyl (C=O) groups excluding carboxylic acids is 3. The van der Waals surface area contributed by atoms with Gasteiger partial charge in [0.05, 0.1) is 13.0 Å². The van der Waals surface area contributed by atoms with E-state index in [1.807, 2.05) is 30.3 Å². The smallest absolute Gasteiger partial charge is 0.312 e. The molecule has 4 rings (SSSR count). The molecule has 1 aromatic heterocycles. The van der Waals surface area contributed by atoms with Gasteiger partial charge in [0.25, 0.3) is 5.91 Å². The number of hydrogen-bond donors (Lipinski definition) is 2. The first-order valence-electron chi connectivity index (χ1n) is 9.94. The average Bonchev–Trinajstić information content (AvgIpc) is 3.16. The Hall–Kier alpha value is -3.32. The molecule has 1 aliphatic rings. The molecular formula is C23H22ClN3O4. The maximum absolute atomic E-state index is 13.1. The highest BCUT2D eigenvalue weighted by atomic mass is 35.5. The van der Waals surface area contributed by atoms with Gasteiger partial charge in [0.15, 0.2) is 0 Å². The van der Waals surface area contributed by atoms with Crippen LogP contribution in [0, 0.1) is 5.92 Å². The van der Waals surface area contributed by atoms with E-state index < -0.39 is 6.04 Å². The summed E-state index contributed by atoms with van der Waals surface area (Å²) >= 11 is 6.03. The maximum Gasteiger partial charge on any atom is 0.312 e. The van der Waals surface area contributed by atoms with E-state index in [0.29, 0.717) is 17.1 Å². The largest absolute Gasteiger partial charge is 0.469 e. The van der Waals surface area contributed by atoms with E-state index >= 15 is 0 Å². The number of aromatic nitrogens is 1. The van der Waals surface area contributed by atoms with Crippen molar-refractivity contribution in [1.82, 2.24) is 15.2 Å². The highest BCUT2D eigenvalue weighted by Gasteiger charge is 2.39. The number of methoxy groups -OCH3 is 1. The zero-order chi connectivity index (χ0) is 22.0. The highest BCUT2D eigenvalue weighted by molar-refractivity contribution is 6.31. The molecule has 2 heterocycles. The van der Waals surface area contributed by atoms with Crippen LogP contribution in [0.25, 0.3) is 10.9 Å². The lowest BCUT2D eigenvalue weighted by atomic mass is 9.97. The second-order valence-corrected chi connectivity index (χ2v) is 8.03. The van der Waals surface area contributed by atoms with Crippen molar-refractivity contribution in [3.05, 3.63) is 70.9 Å². The number of nitrogens with zero attached hydrogens (tertiary/aromatic N) is 1. The van der Waals surface area contributed by atoms with Gasteiger partial charge in [-0.1, -0.05) is 41.9 Å². The summed E-state index contributed by atoms with van der Waals surface area (Å²) in [4.78, 5) is 42.3. The Kier molecular flexibility index (Phi) is 5.95. The van der Waals surface area contributed by atoms with Gasteiger partial charge < -0.3 is 19.9 Å². The fourth-order valence-electron chi connectivity index (χ4n) is 3.71. The summed E-state index contributed by atoms with van der Waals surface area (Å²) in [5.41, 5.74) is 2.05. The Balaban J connectivity index is 1.51. The molecule has 160 valence electrons. The van der Waals surface area contributed by atoms with E-state index in [1.165, 1.54) is 7.11 Å². The van der Waals surface area contributed by atoms with Crippen LogP contribution in [-0.2, 0) is 20.7 Å². The molecule has 31 heavy (non-hydrogen) atoms. The number of likely N-dealkylation sites (tertiary alicyclic amines) is 1. The SMILES string of the molecule is COC(=O)C1CN(C(=O)[C@H](Cc2ccccc2)NC(=O)c2cc3cc(Cl)ccc3[nH]2)C1. The third-order valence-corrected chi connectivity index (χ3v) is 5.68. The number of rotatable bonds is 6. The molecule has 0 unspecified atom stereocenters. The molecule has 0 saturated carbocycles. The van der Waals surface area contributed by atoms with Gasteiger partial charge in [0.1, 0.15) is 11.7 Å². The molecule has 1 aliphatic heterocycles. The molecule has 2 aromatic carbocycles. The van der Waals surface area contributed by atoms with Crippen LogP contribution >= 0.6 is 11.6 Å². The minimum Gasteiger partial charge on any atom is -0.469 e. The molecule has 1 fully saturated rings. The molecule has 0 radical (unpaired) electrons. The fraction of sp³-hybridized carbons (Fsp3) is 0.261. The number of ether oxygens (including phenoxy) is 1. The number of esters is 1. The highest BCUT2D eigenvalue weighted by Crippen LogP contribution is 2.21. The fourth-order valence-corrected chi connectivity index (χ4v) is 3.89. The van der Waals surface area contributed by atoms with Gasteiger partial charge in [-0.05, 0) is 29.8 Å². The second kappa shape index (κ2) is 8.81. The van der Waals surface area contributed by atoms with Crippen molar-refractivity contribution in [3.8, 4) is 0 Å². The summed E-state index contributed by atoms with van der Waals surface area (Å²) in [5, 5.41) is 4.24. The van der Waals surface area contributed by atoms with Crippen LogP contribution in [0.3, 0.4) is 0 Å². The molecule has 0 aliphatic carbocycles. The first-order chi connectivity index (χ1) is 14.9. The van der Waals surface area contributed by atoms with Crippen LogP contribution in [-0.4, -0.2) is 53.9 Å². The van der Waals surface area contributed by atoms with Gasteiger partial charge in [-0.3, -0.25) is 14.4 Å². The van der Waals surface area contributed by atoms with E-state index in [2.05, 4.69) is 10.3 Å². The van der Waals surface area contributed by atoms with Crippen molar-refractivity contribution >= 4 is 40.3 Å². The quantitative estimate of drug-likeness (QED) is 0.578. The van der Waals surface area contributed by atoms with Crippen molar-refractivity contribution < 1.29 is 19.1 Å².